The number of ether oxygens (including phenoxy) is 1. The minimum atomic E-state index is -0.152. The summed E-state index contributed by atoms with van der Waals surface area (Å²) in [5.74, 6) is 1.28. The van der Waals surface area contributed by atoms with Gasteiger partial charge in [-0.25, -0.2) is 4.98 Å². The van der Waals surface area contributed by atoms with Crippen molar-refractivity contribution in [3.63, 3.8) is 0 Å². The molecule has 5 nitrogen and oxygen atoms in total. The number of anilines is 1. The van der Waals surface area contributed by atoms with Crippen LogP contribution in [0.1, 0.15) is 62.4 Å². The van der Waals surface area contributed by atoms with Gasteiger partial charge in [-0.1, -0.05) is 36.4 Å². The van der Waals surface area contributed by atoms with Crippen molar-refractivity contribution in [2.45, 2.75) is 70.6 Å². The molecule has 2 aromatic rings. The van der Waals surface area contributed by atoms with Gasteiger partial charge in [0.25, 0.3) is 0 Å². The maximum atomic E-state index is 12.3. The number of carbonyl (C=O) groups is 1. The van der Waals surface area contributed by atoms with E-state index in [-0.39, 0.29) is 17.9 Å². The van der Waals surface area contributed by atoms with Crippen molar-refractivity contribution in [3.05, 3.63) is 59.3 Å². The molecule has 166 valence electrons. The number of rotatable bonds is 9. The van der Waals surface area contributed by atoms with Crippen LogP contribution in [0.15, 0.2) is 42.5 Å². The number of pyridine rings is 1. The zero-order valence-corrected chi connectivity index (χ0v) is 18.8. The summed E-state index contributed by atoms with van der Waals surface area (Å²) >= 11 is 0. The Morgan fingerprint density at radius 3 is 2.84 bits per heavy atom. The second-order valence-electron chi connectivity index (χ2n) is 9.05. The first kappa shape index (κ1) is 22.0. The van der Waals surface area contributed by atoms with Gasteiger partial charge in [0.1, 0.15) is 5.82 Å². The largest absolute Gasteiger partial charge is 0.377 e. The summed E-state index contributed by atoms with van der Waals surface area (Å²) < 4.78 is 6.16. The van der Waals surface area contributed by atoms with E-state index in [2.05, 4.69) is 29.3 Å². The molecule has 5 heteroatoms. The highest BCUT2D eigenvalue weighted by Crippen LogP contribution is 2.27. The number of nitrogens with zero attached hydrogens (tertiary/aromatic N) is 2. The summed E-state index contributed by atoms with van der Waals surface area (Å²) in [7, 11) is 0. The average molecular weight is 422 g/mol. The van der Waals surface area contributed by atoms with E-state index in [4.69, 9.17) is 9.72 Å². The zero-order chi connectivity index (χ0) is 21.6. The number of aromatic nitrogens is 1. The van der Waals surface area contributed by atoms with Crippen molar-refractivity contribution in [2.24, 2.45) is 0 Å². The van der Waals surface area contributed by atoms with Crippen LogP contribution in [0.4, 0.5) is 5.82 Å². The highest BCUT2D eigenvalue weighted by molar-refractivity contribution is 5.83. The molecule has 31 heavy (non-hydrogen) atoms. The first-order valence-electron chi connectivity index (χ1n) is 11.8. The standard InChI is InChI=1S/C26H35N3O2/c1-19-11-12-22-13-14-23(28-26(22)27-19)10-6-7-17-31-24-15-16-29(18-24)25(20(2)30)21-8-4-3-5-9-21/h3-5,8-9,13-14,19,24-25H,6-7,10-12,15-18H2,1-2H3,(H,27,28)/t19?,24-,25+/m1/s1. The fraction of sp³-hybridized carbons (Fsp3) is 0.538. The SMILES string of the molecule is CC(=O)[C@@H](c1ccccc1)N1CC[C@@H](OCCCCc2ccc3c(n2)NC(C)CC3)C1. The van der Waals surface area contributed by atoms with Gasteiger partial charge in [0.05, 0.1) is 12.1 Å². The van der Waals surface area contributed by atoms with Crippen molar-refractivity contribution in [1.29, 1.82) is 0 Å². The van der Waals surface area contributed by atoms with E-state index in [0.717, 1.165) is 63.2 Å². The number of hydrogen-bond donors (Lipinski definition) is 1. The van der Waals surface area contributed by atoms with E-state index in [9.17, 15) is 4.79 Å². The highest BCUT2D eigenvalue weighted by Gasteiger charge is 2.32. The molecule has 3 atom stereocenters. The Bertz CT molecular complexity index is 870. The second-order valence-corrected chi connectivity index (χ2v) is 9.05. The number of hydrogen-bond acceptors (Lipinski definition) is 5. The van der Waals surface area contributed by atoms with Crippen LogP contribution in [0, 0.1) is 0 Å². The Hall–Kier alpha value is -2.24. The maximum absolute atomic E-state index is 12.3. The Labute approximate surface area is 186 Å². The van der Waals surface area contributed by atoms with Crippen molar-refractivity contribution >= 4 is 11.6 Å². The first-order valence-corrected chi connectivity index (χ1v) is 11.8. The molecule has 0 bridgehead atoms. The number of ketones is 1. The highest BCUT2D eigenvalue weighted by atomic mass is 16.5. The molecule has 0 saturated carbocycles. The number of nitrogens with one attached hydrogen (secondary N) is 1. The predicted octanol–water partition coefficient (Wildman–Crippen LogP) is 4.57. The van der Waals surface area contributed by atoms with Gasteiger partial charge in [0.15, 0.2) is 5.78 Å². The van der Waals surface area contributed by atoms with Gasteiger partial charge in [-0.15, -0.1) is 0 Å². The predicted molar refractivity (Wildman–Crippen MR) is 124 cm³/mol. The molecule has 2 aliphatic rings. The van der Waals surface area contributed by atoms with Crippen molar-refractivity contribution in [3.8, 4) is 0 Å². The smallest absolute Gasteiger partial charge is 0.151 e. The molecule has 0 spiro atoms. The lowest BCUT2D eigenvalue weighted by Gasteiger charge is -2.26. The van der Waals surface area contributed by atoms with Crippen LogP contribution in [-0.4, -0.2) is 47.5 Å². The normalized spacial score (nSPS) is 22.0. The van der Waals surface area contributed by atoms with E-state index in [1.807, 2.05) is 30.3 Å². The number of unbranched alkanes of at least 4 members (excludes halogenated alkanes) is 1. The first-order chi connectivity index (χ1) is 15.1. The van der Waals surface area contributed by atoms with Gasteiger partial charge in [-0.05, 0) is 69.6 Å². The van der Waals surface area contributed by atoms with E-state index >= 15 is 0 Å². The third kappa shape index (κ3) is 5.72. The lowest BCUT2D eigenvalue weighted by molar-refractivity contribution is -0.122. The summed E-state index contributed by atoms with van der Waals surface area (Å²) in [5.41, 5.74) is 3.59. The fourth-order valence-corrected chi connectivity index (χ4v) is 4.79. The molecule has 0 amide bonds. The molecule has 1 saturated heterocycles. The van der Waals surface area contributed by atoms with Crippen LogP contribution in [0.5, 0.6) is 0 Å². The Morgan fingerprint density at radius 1 is 1.19 bits per heavy atom. The van der Waals surface area contributed by atoms with Crippen LogP contribution < -0.4 is 5.32 Å². The molecule has 0 aliphatic carbocycles. The van der Waals surface area contributed by atoms with E-state index in [0.29, 0.717) is 6.04 Å². The summed E-state index contributed by atoms with van der Waals surface area (Å²) in [6, 6.07) is 14.9. The summed E-state index contributed by atoms with van der Waals surface area (Å²) in [4.78, 5) is 19.4. The molecular weight excluding hydrogens is 386 g/mol. The van der Waals surface area contributed by atoms with Crippen LogP contribution >= 0.6 is 0 Å². The summed E-state index contributed by atoms with van der Waals surface area (Å²) in [5, 5.41) is 3.51. The quantitative estimate of drug-likeness (QED) is 0.601. The minimum Gasteiger partial charge on any atom is -0.377 e. The summed E-state index contributed by atoms with van der Waals surface area (Å²) in [6.45, 7) is 6.42. The monoisotopic (exact) mass is 421 g/mol. The molecular formula is C26H35N3O2. The number of benzene rings is 1. The number of fused-ring (bicyclic) bond motifs is 1. The lowest BCUT2D eigenvalue weighted by atomic mass is 10.0. The number of aryl methyl sites for hydroxylation is 2. The fourth-order valence-electron chi connectivity index (χ4n) is 4.79. The molecule has 1 aromatic heterocycles. The lowest BCUT2D eigenvalue weighted by Crippen LogP contribution is -2.32. The zero-order valence-electron chi connectivity index (χ0n) is 18.8. The Morgan fingerprint density at radius 2 is 2.03 bits per heavy atom. The van der Waals surface area contributed by atoms with Gasteiger partial charge >= 0.3 is 0 Å². The van der Waals surface area contributed by atoms with Crippen molar-refractivity contribution in [1.82, 2.24) is 9.88 Å². The van der Waals surface area contributed by atoms with Crippen LogP contribution in [0.3, 0.4) is 0 Å². The van der Waals surface area contributed by atoms with Crippen molar-refractivity contribution in [2.75, 3.05) is 25.0 Å². The number of carbonyl (C=O) groups excluding carboxylic acids is 1. The minimum absolute atomic E-state index is 0.152. The second kappa shape index (κ2) is 10.4. The van der Waals surface area contributed by atoms with Gasteiger partial charge in [0.2, 0.25) is 0 Å². The van der Waals surface area contributed by atoms with E-state index in [1.54, 1.807) is 6.92 Å². The van der Waals surface area contributed by atoms with Gasteiger partial charge < -0.3 is 10.1 Å². The van der Waals surface area contributed by atoms with E-state index in [1.165, 1.54) is 17.7 Å². The molecule has 0 radical (unpaired) electrons. The molecule has 1 unspecified atom stereocenters. The molecule has 1 fully saturated rings. The van der Waals surface area contributed by atoms with E-state index < -0.39 is 0 Å². The Balaban J connectivity index is 1.19. The molecule has 3 heterocycles. The van der Waals surface area contributed by atoms with Gasteiger partial charge in [0, 0.05) is 31.4 Å². The van der Waals surface area contributed by atoms with Gasteiger partial charge in [-0.3, -0.25) is 9.69 Å². The molecule has 4 rings (SSSR count). The van der Waals surface area contributed by atoms with Gasteiger partial charge in [-0.2, -0.15) is 0 Å². The van der Waals surface area contributed by atoms with Crippen LogP contribution in [0.2, 0.25) is 0 Å². The van der Waals surface area contributed by atoms with Crippen molar-refractivity contribution < 1.29 is 9.53 Å². The van der Waals surface area contributed by atoms with Crippen LogP contribution in [-0.2, 0) is 22.4 Å². The molecule has 1 aromatic carbocycles. The Kier molecular flexibility index (Phi) is 7.36. The molecule has 1 N–H and O–H groups in total. The number of likely N-dealkylation sites (tertiary alicyclic amines) is 1. The third-order valence-electron chi connectivity index (χ3n) is 6.49. The number of Topliss-reactive ketones (excluding diaryl/α,β-unsaturated/α-hetero) is 1. The topological polar surface area (TPSA) is 54.5 Å². The third-order valence-corrected chi connectivity index (χ3v) is 6.49. The maximum Gasteiger partial charge on any atom is 0.151 e. The van der Waals surface area contributed by atoms with Crippen LogP contribution in [0.25, 0.3) is 0 Å². The molecule has 2 aliphatic heterocycles. The summed E-state index contributed by atoms with van der Waals surface area (Å²) in [6.07, 6.45) is 6.63. The average Bonchev–Trinajstić information content (AvgIpc) is 3.22.